The highest BCUT2D eigenvalue weighted by Crippen LogP contribution is 2.41. The molecule has 1 aliphatic carbocycles. The van der Waals surface area contributed by atoms with Crippen LogP contribution in [0.4, 0.5) is 5.82 Å². The van der Waals surface area contributed by atoms with Gasteiger partial charge in [0, 0.05) is 49.6 Å². The maximum Gasteiger partial charge on any atom is 0.274 e. The van der Waals surface area contributed by atoms with Crippen LogP contribution in [0.5, 0.6) is 0 Å². The zero-order valence-electron chi connectivity index (χ0n) is 19.0. The van der Waals surface area contributed by atoms with Crippen molar-refractivity contribution in [3.05, 3.63) is 60.0 Å². The van der Waals surface area contributed by atoms with E-state index in [0.717, 1.165) is 30.3 Å². The Balaban J connectivity index is 1.28. The fraction of sp³-hybridized carbons (Fsp3) is 0.440. The maximum absolute atomic E-state index is 13.2. The molecule has 5 rings (SSSR count). The van der Waals surface area contributed by atoms with Crippen molar-refractivity contribution in [3.8, 4) is 11.4 Å². The van der Waals surface area contributed by atoms with E-state index in [1.165, 1.54) is 18.5 Å². The topological polar surface area (TPSA) is 67.2 Å². The van der Waals surface area contributed by atoms with Crippen LogP contribution in [0.1, 0.15) is 55.7 Å². The summed E-state index contributed by atoms with van der Waals surface area (Å²) in [4.78, 5) is 26.5. The highest BCUT2D eigenvalue weighted by atomic mass is 16.2. The van der Waals surface area contributed by atoms with Crippen molar-refractivity contribution in [2.24, 2.45) is 0 Å². The Morgan fingerprint density at radius 3 is 2.38 bits per heavy atom. The third-order valence-corrected chi connectivity index (χ3v) is 6.15. The Labute approximate surface area is 189 Å². The van der Waals surface area contributed by atoms with Gasteiger partial charge in [0.25, 0.3) is 5.91 Å². The minimum Gasteiger partial charge on any atom is -0.353 e. The summed E-state index contributed by atoms with van der Waals surface area (Å²) in [5.41, 5.74) is 2.65. The lowest BCUT2D eigenvalue weighted by Gasteiger charge is -2.35. The lowest BCUT2D eigenvalue weighted by Crippen LogP contribution is -2.49. The Hall–Kier alpha value is -3.22. The normalized spacial score (nSPS) is 17.0. The molecule has 7 heteroatoms. The molecule has 1 aliphatic heterocycles. The van der Waals surface area contributed by atoms with Gasteiger partial charge < -0.3 is 9.80 Å². The molecule has 0 radical (unpaired) electrons. The third kappa shape index (κ3) is 4.11. The molecule has 32 heavy (non-hydrogen) atoms. The number of carbonyl (C=O) groups excluding carboxylic acids is 1. The summed E-state index contributed by atoms with van der Waals surface area (Å²) in [6.07, 6.45) is 4.19. The molecule has 1 aromatic carbocycles. The number of rotatable bonds is 4. The van der Waals surface area contributed by atoms with Gasteiger partial charge in [0.2, 0.25) is 0 Å². The van der Waals surface area contributed by atoms with Crippen molar-refractivity contribution in [1.82, 2.24) is 24.6 Å². The van der Waals surface area contributed by atoms with Gasteiger partial charge in [-0.1, -0.05) is 30.3 Å². The van der Waals surface area contributed by atoms with Crippen LogP contribution in [0.25, 0.3) is 11.4 Å². The van der Waals surface area contributed by atoms with Gasteiger partial charge in [0.15, 0.2) is 11.5 Å². The molecule has 1 amide bonds. The molecular formula is C25H30N6O. The number of anilines is 1. The lowest BCUT2D eigenvalue weighted by atomic mass is 10.1. The summed E-state index contributed by atoms with van der Waals surface area (Å²) in [5, 5.41) is 4.73. The number of aromatic nitrogens is 4. The molecule has 1 saturated heterocycles. The predicted molar refractivity (Wildman–Crippen MR) is 125 cm³/mol. The second-order valence-corrected chi connectivity index (χ2v) is 9.70. The van der Waals surface area contributed by atoms with Crippen molar-refractivity contribution in [3.63, 3.8) is 0 Å². The minimum absolute atomic E-state index is 0.0298. The Kier molecular flexibility index (Phi) is 5.19. The Morgan fingerprint density at radius 1 is 1.00 bits per heavy atom. The van der Waals surface area contributed by atoms with E-state index in [9.17, 15) is 4.79 Å². The second-order valence-electron chi connectivity index (χ2n) is 9.70. The Bertz CT molecular complexity index is 1100. The molecule has 166 valence electrons. The first-order valence-electron chi connectivity index (χ1n) is 11.4. The zero-order valence-corrected chi connectivity index (χ0v) is 19.0. The number of amides is 1. The van der Waals surface area contributed by atoms with E-state index in [4.69, 9.17) is 10.1 Å². The molecule has 2 fully saturated rings. The molecule has 2 aliphatic rings. The van der Waals surface area contributed by atoms with E-state index in [2.05, 4.69) is 35.3 Å². The van der Waals surface area contributed by atoms with Crippen LogP contribution in [-0.2, 0) is 5.54 Å². The highest BCUT2D eigenvalue weighted by Gasteiger charge is 2.34. The first-order valence-corrected chi connectivity index (χ1v) is 11.4. The monoisotopic (exact) mass is 430 g/mol. The van der Waals surface area contributed by atoms with E-state index in [1.807, 2.05) is 47.4 Å². The third-order valence-electron chi connectivity index (χ3n) is 6.15. The maximum atomic E-state index is 13.2. The van der Waals surface area contributed by atoms with Crippen molar-refractivity contribution in [1.29, 1.82) is 0 Å². The van der Waals surface area contributed by atoms with Crippen LogP contribution in [-0.4, -0.2) is 56.7 Å². The van der Waals surface area contributed by atoms with Crippen molar-refractivity contribution >= 4 is 11.7 Å². The first kappa shape index (κ1) is 20.7. The largest absolute Gasteiger partial charge is 0.353 e. The van der Waals surface area contributed by atoms with Crippen LogP contribution in [0, 0.1) is 0 Å². The minimum atomic E-state index is -0.126. The summed E-state index contributed by atoms with van der Waals surface area (Å²) in [5.74, 6) is 2.21. The smallest absolute Gasteiger partial charge is 0.274 e. The van der Waals surface area contributed by atoms with E-state index >= 15 is 0 Å². The van der Waals surface area contributed by atoms with Crippen molar-refractivity contribution in [2.75, 3.05) is 31.1 Å². The quantitative estimate of drug-likeness (QED) is 0.627. The van der Waals surface area contributed by atoms with Crippen LogP contribution in [0.15, 0.2) is 48.7 Å². The van der Waals surface area contributed by atoms with E-state index < -0.39 is 0 Å². The molecule has 0 bridgehead atoms. The van der Waals surface area contributed by atoms with Gasteiger partial charge in [-0.2, -0.15) is 5.10 Å². The molecule has 0 spiro atoms. The van der Waals surface area contributed by atoms with Crippen LogP contribution in [0.3, 0.4) is 0 Å². The molecule has 0 unspecified atom stereocenters. The number of hydrogen-bond donors (Lipinski definition) is 0. The van der Waals surface area contributed by atoms with Gasteiger partial charge in [0.1, 0.15) is 5.82 Å². The first-order chi connectivity index (χ1) is 15.4. The van der Waals surface area contributed by atoms with E-state index in [-0.39, 0.29) is 11.4 Å². The lowest BCUT2D eigenvalue weighted by molar-refractivity contribution is 0.0739. The van der Waals surface area contributed by atoms with Gasteiger partial charge >= 0.3 is 0 Å². The number of benzene rings is 1. The number of hydrogen-bond acceptors (Lipinski definition) is 5. The van der Waals surface area contributed by atoms with E-state index in [1.54, 1.807) is 6.20 Å². The average Bonchev–Trinajstić information content (AvgIpc) is 3.56. The van der Waals surface area contributed by atoms with Gasteiger partial charge in [-0.25, -0.2) is 9.97 Å². The summed E-state index contributed by atoms with van der Waals surface area (Å²) >= 11 is 0. The average molecular weight is 431 g/mol. The fourth-order valence-electron chi connectivity index (χ4n) is 4.26. The van der Waals surface area contributed by atoms with Gasteiger partial charge in [-0.3, -0.25) is 9.48 Å². The van der Waals surface area contributed by atoms with Gasteiger partial charge in [-0.15, -0.1) is 0 Å². The summed E-state index contributed by atoms with van der Waals surface area (Å²) in [6, 6.07) is 14.0. The van der Waals surface area contributed by atoms with Crippen molar-refractivity contribution in [2.45, 2.75) is 45.1 Å². The van der Waals surface area contributed by atoms with Gasteiger partial charge in [-0.05, 0) is 45.7 Å². The summed E-state index contributed by atoms with van der Waals surface area (Å²) < 4.78 is 2.06. The van der Waals surface area contributed by atoms with Crippen LogP contribution < -0.4 is 4.90 Å². The molecular weight excluding hydrogens is 400 g/mol. The molecule has 1 saturated carbocycles. The summed E-state index contributed by atoms with van der Waals surface area (Å²) in [6.45, 7) is 9.23. The zero-order chi connectivity index (χ0) is 22.3. The molecule has 3 heterocycles. The second kappa shape index (κ2) is 8.04. The number of carbonyl (C=O) groups is 1. The molecule has 0 atom stereocenters. The summed E-state index contributed by atoms with van der Waals surface area (Å²) in [7, 11) is 0. The SMILES string of the molecule is CC(C)(C)n1nc(C(=O)N2CCN(c3ccnc(-c4ccccc4)n3)CC2)cc1C1CC1. The predicted octanol–water partition coefficient (Wildman–Crippen LogP) is 3.93. The standard InChI is InChI=1S/C25H30N6O/c1-25(2,3)31-21(18-9-10-18)17-20(28-31)24(32)30-15-13-29(14-16-30)22-11-12-26-23(27-22)19-7-5-4-6-8-19/h4-8,11-12,17-18H,9-10,13-16H2,1-3H3. The molecule has 0 N–H and O–H groups in total. The molecule has 3 aromatic rings. The van der Waals surface area contributed by atoms with Gasteiger partial charge in [0.05, 0.1) is 5.54 Å². The highest BCUT2D eigenvalue weighted by molar-refractivity contribution is 5.92. The van der Waals surface area contributed by atoms with Crippen LogP contribution >= 0.6 is 0 Å². The molecule has 2 aromatic heterocycles. The fourth-order valence-corrected chi connectivity index (χ4v) is 4.26. The molecule has 7 nitrogen and oxygen atoms in total. The Morgan fingerprint density at radius 2 is 1.72 bits per heavy atom. The van der Waals surface area contributed by atoms with Crippen LogP contribution in [0.2, 0.25) is 0 Å². The van der Waals surface area contributed by atoms with Crippen molar-refractivity contribution < 1.29 is 4.79 Å². The number of piperazine rings is 1. The number of nitrogens with zero attached hydrogens (tertiary/aromatic N) is 6. The van der Waals surface area contributed by atoms with E-state index in [0.29, 0.717) is 24.7 Å².